The van der Waals surface area contributed by atoms with Gasteiger partial charge in [0.05, 0.1) is 12.1 Å². The van der Waals surface area contributed by atoms with Crippen LogP contribution in [-0.2, 0) is 4.79 Å². The molecule has 2 aromatic carbocycles. The summed E-state index contributed by atoms with van der Waals surface area (Å²) in [5.74, 6) is -0.173. The molecule has 6 rings (SSSR count). The monoisotopic (exact) mass is 539 g/mol. The topological polar surface area (TPSA) is 101 Å². The number of nitrogens with zero attached hydrogens (tertiary/aromatic N) is 2. The van der Waals surface area contributed by atoms with Crippen molar-refractivity contribution in [2.24, 2.45) is 11.3 Å². The van der Waals surface area contributed by atoms with E-state index in [1.54, 1.807) is 0 Å². The molecule has 4 atom stereocenters. The quantitative estimate of drug-likeness (QED) is 0.345. The van der Waals surface area contributed by atoms with Gasteiger partial charge >= 0.3 is 0 Å². The fourth-order valence-corrected chi connectivity index (χ4v) is 6.29. The summed E-state index contributed by atoms with van der Waals surface area (Å²) < 4.78 is 0. The summed E-state index contributed by atoms with van der Waals surface area (Å²) in [6, 6.07) is 16.8. The summed E-state index contributed by atoms with van der Waals surface area (Å²) >= 11 is 0. The van der Waals surface area contributed by atoms with Gasteiger partial charge in [-0.05, 0) is 54.5 Å². The number of nitrogens with one attached hydrogen (secondary N) is 3. The number of fused-ring (bicyclic) bond motifs is 3. The van der Waals surface area contributed by atoms with Crippen molar-refractivity contribution in [3.8, 4) is 0 Å². The number of carbonyl (C=O) groups is 3. The Bertz CT molecular complexity index is 1590. The minimum Gasteiger partial charge on any atom is -0.351 e. The normalized spacial score (nSPS) is 21.7. The van der Waals surface area contributed by atoms with E-state index in [4.69, 9.17) is 0 Å². The maximum Gasteiger partial charge on any atom is 0.270 e. The third-order valence-electron chi connectivity index (χ3n) is 8.50. The van der Waals surface area contributed by atoms with Gasteiger partial charge < -0.3 is 25.1 Å². The lowest BCUT2D eigenvalue weighted by Crippen LogP contribution is -2.74. The van der Waals surface area contributed by atoms with Gasteiger partial charge in [0, 0.05) is 34.9 Å². The number of hydrogen-bond acceptors (Lipinski definition) is 3. The van der Waals surface area contributed by atoms with Gasteiger partial charge in [0.1, 0.15) is 17.4 Å². The molecule has 0 aliphatic carbocycles. The molecule has 2 aliphatic rings. The number of aromatic amines is 2. The highest BCUT2D eigenvalue weighted by molar-refractivity contribution is 6.01. The Morgan fingerprint density at radius 1 is 0.875 bits per heavy atom. The number of likely N-dealkylation sites (tertiary alicyclic amines) is 2. The fraction of sp³-hybridized carbons (Fsp3) is 0.406. The average molecular weight is 540 g/mol. The van der Waals surface area contributed by atoms with E-state index in [1.165, 1.54) is 0 Å². The molecule has 1 unspecified atom stereocenters. The zero-order chi connectivity index (χ0) is 28.3. The van der Waals surface area contributed by atoms with Gasteiger partial charge in [0.15, 0.2) is 0 Å². The Hall–Kier alpha value is -4.07. The molecule has 2 aromatic heterocycles. The highest BCUT2D eigenvalue weighted by atomic mass is 16.2. The molecule has 0 radical (unpaired) electrons. The summed E-state index contributed by atoms with van der Waals surface area (Å²) in [6.07, 6.45) is 0.832. The number of rotatable bonds is 4. The van der Waals surface area contributed by atoms with E-state index in [0.29, 0.717) is 24.5 Å². The number of aromatic nitrogens is 2. The van der Waals surface area contributed by atoms with Crippen molar-refractivity contribution in [3.63, 3.8) is 0 Å². The summed E-state index contributed by atoms with van der Waals surface area (Å²) in [7, 11) is 0. The van der Waals surface area contributed by atoms with Crippen LogP contribution < -0.4 is 5.32 Å². The molecule has 0 bridgehead atoms. The molecule has 4 aromatic rings. The molecule has 8 heteroatoms. The van der Waals surface area contributed by atoms with Gasteiger partial charge in [-0.15, -0.1) is 0 Å². The Balaban J connectivity index is 1.20. The van der Waals surface area contributed by atoms with Crippen LogP contribution in [-0.4, -0.2) is 68.7 Å². The number of H-pyrrole nitrogens is 2. The van der Waals surface area contributed by atoms with Crippen LogP contribution in [0.25, 0.3) is 21.8 Å². The van der Waals surface area contributed by atoms with Crippen molar-refractivity contribution in [1.82, 2.24) is 25.1 Å². The van der Waals surface area contributed by atoms with Crippen LogP contribution in [0.2, 0.25) is 0 Å². The summed E-state index contributed by atoms with van der Waals surface area (Å²) in [5.41, 5.74) is 3.48. The number of piperidine rings is 1. The van der Waals surface area contributed by atoms with Crippen LogP contribution in [0.3, 0.4) is 0 Å². The van der Waals surface area contributed by atoms with Crippen molar-refractivity contribution < 1.29 is 14.4 Å². The molecule has 2 aliphatic heterocycles. The molecule has 3 N–H and O–H groups in total. The van der Waals surface area contributed by atoms with E-state index >= 15 is 0 Å². The van der Waals surface area contributed by atoms with Crippen molar-refractivity contribution >= 4 is 39.5 Å². The summed E-state index contributed by atoms with van der Waals surface area (Å²) in [5, 5.41) is 4.98. The molecular weight excluding hydrogens is 502 g/mol. The standard InChI is InChI=1S/C32H37N5O3/c1-18-10-11-21-15-25(34-23(21)12-18)30(39)36-16-19(2)13-26-27(36)17-37(26)31(40)28(32(3,4)5)35-29(38)24-14-20-8-6-7-9-22(20)33-24/h6-12,14-15,19,26-28,33-34H,13,16-17H2,1-5H3,(H,35,38)/t19-,26?,27-,28-/m1/s1. The van der Waals surface area contributed by atoms with E-state index in [9.17, 15) is 14.4 Å². The predicted molar refractivity (Wildman–Crippen MR) is 156 cm³/mol. The number of benzene rings is 2. The predicted octanol–water partition coefficient (Wildman–Crippen LogP) is 4.86. The first kappa shape index (κ1) is 26.2. The number of hydrogen-bond donors (Lipinski definition) is 3. The Labute approximate surface area is 234 Å². The number of aryl methyl sites for hydroxylation is 1. The van der Waals surface area contributed by atoms with Crippen LogP contribution >= 0.6 is 0 Å². The molecule has 2 fully saturated rings. The lowest BCUT2D eigenvalue weighted by Gasteiger charge is -2.57. The SMILES string of the molecule is Cc1ccc2cc(C(=O)N3C[C@H](C)CC4[C@H]3CN4C(=O)[C@@H](NC(=O)c3cc4ccccc4[nH]3)C(C)(C)C)[nH]c2c1. The summed E-state index contributed by atoms with van der Waals surface area (Å²) in [4.78, 5) is 51.2. The van der Waals surface area contributed by atoms with Crippen molar-refractivity contribution in [2.45, 2.75) is 59.2 Å². The maximum absolute atomic E-state index is 14.0. The number of para-hydroxylation sites is 1. The average Bonchev–Trinajstić information content (AvgIpc) is 3.51. The van der Waals surface area contributed by atoms with E-state index in [0.717, 1.165) is 33.8 Å². The molecule has 2 saturated heterocycles. The largest absolute Gasteiger partial charge is 0.351 e. The third kappa shape index (κ3) is 4.55. The first-order valence-corrected chi connectivity index (χ1v) is 14.1. The second-order valence-corrected chi connectivity index (χ2v) is 12.7. The Kier molecular flexibility index (Phi) is 6.24. The lowest BCUT2D eigenvalue weighted by atomic mass is 9.79. The van der Waals surface area contributed by atoms with Crippen LogP contribution in [0.5, 0.6) is 0 Å². The van der Waals surface area contributed by atoms with Crippen LogP contribution in [0.1, 0.15) is 60.7 Å². The second kappa shape index (κ2) is 9.54. The molecule has 0 saturated carbocycles. The zero-order valence-electron chi connectivity index (χ0n) is 23.7. The molecule has 40 heavy (non-hydrogen) atoms. The second-order valence-electron chi connectivity index (χ2n) is 12.7. The van der Waals surface area contributed by atoms with Crippen molar-refractivity contribution in [1.29, 1.82) is 0 Å². The zero-order valence-corrected chi connectivity index (χ0v) is 23.7. The Morgan fingerprint density at radius 2 is 1.57 bits per heavy atom. The Morgan fingerprint density at radius 3 is 2.33 bits per heavy atom. The smallest absolute Gasteiger partial charge is 0.270 e. The molecule has 8 nitrogen and oxygen atoms in total. The highest BCUT2D eigenvalue weighted by Crippen LogP contribution is 2.37. The van der Waals surface area contributed by atoms with Crippen LogP contribution in [0, 0.1) is 18.3 Å². The number of carbonyl (C=O) groups excluding carboxylic acids is 3. The molecule has 208 valence electrons. The van der Waals surface area contributed by atoms with E-state index in [-0.39, 0.29) is 35.7 Å². The van der Waals surface area contributed by atoms with Crippen molar-refractivity contribution in [3.05, 3.63) is 71.5 Å². The third-order valence-corrected chi connectivity index (χ3v) is 8.50. The van der Waals surface area contributed by atoms with E-state index < -0.39 is 11.5 Å². The molecule has 4 heterocycles. The molecule has 3 amide bonds. The first-order chi connectivity index (χ1) is 19.0. The van der Waals surface area contributed by atoms with Gasteiger partial charge in [-0.25, -0.2) is 0 Å². The van der Waals surface area contributed by atoms with Gasteiger partial charge in [-0.2, -0.15) is 0 Å². The van der Waals surface area contributed by atoms with Gasteiger partial charge in [0.25, 0.3) is 11.8 Å². The van der Waals surface area contributed by atoms with Gasteiger partial charge in [-0.3, -0.25) is 14.4 Å². The molecule has 0 spiro atoms. The van der Waals surface area contributed by atoms with Gasteiger partial charge in [-0.1, -0.05) is 58.0 Å². The molecular formula is C32H37N5O3. The van der Waals surface area contributed by atoms with E-state index in [2.05, 4.69) is 22.2 Å². The summed E-state index contributed by atoms with van der Waals surface area (Å²) in [6.45, 7) is 11.2. The fourth-order valence-electron chi connectivity index (χ4n) is 6.29. The van der Waals surface area contributed by atoms with E-state index in [1.807, 2.05) is 92.1 Å². The highest BCUT2D eigenvalue weighted by Gasteiger charge is 2.52. The lowest BCUT2D eigenvalue weighted by molar-refractivity contribution is -0.153. The van der Waals surface area contributed by atoms with Crippen LogP contribution in [0.15, 0.2) is 54.6 Å². The minimum atomic E-state index is -0.703. The van der Waals surface area contributed by atoms with Crippen LogP contribution in [0.4, 0.5) is 0 Å². The van der Waals surface area contributed by atoms with Gasteiger partial charge in [0.2, 0.25) is 5.91 Å². The maximum atomic E-state index is 14.0. The number of amides is 3. The minimum absolute atomic E-state index is 0.0259. The van der Waals surface area contributed by atoms with Crippen molar-refractivity contribution in [2.75, 3.05) is 13.1 Å². The first-order valence-electron chi connectivity index (χ1n) is 14.1.